The van der Waals surface area contributed by atoms with Crippen molar-refractivity contribution in [2.24, 2.45) is 5.92 Å². The summed E-state index contributed by atoms with van der Waals surface area (Å²) in [6, 6.07) is 4.37. The Labute approximate surface area is 121 Å². The summed E-state index contributed by atoms with van der Waals surface area (Å²) in [7, 11) is 0. The van der Waals surface area contributed by atoms with E-state index >= 15 is 0 Å². The average molecular weight is 300 g/mol. The van der Waals surface area contributed by atoms with Crippen LogP contribution in [0.1, 0.15) is 31.4 Å². The summed E-state index contributed by atoms with van der Waals surface area (Å²) in [4.78, 5) is 1.88. The molecule has 1 aliphatic carbocycles. The summed E-state index contributed by atoms with van der Waals surface area (Å²) in [5.74, 6) is -0.505. The number of nitrogens with zero attached hydrogens (tertiary/aromatic N) is 3. The minimum atomic E-state index is -4.07. The molecule has 0 radical (unpaired) electrons. The lowest BCUT2D eigenvalue weighted by molar-refractivity contribution is -0.179. The predicted molar refractivity (Wildman–Crippen MR) is 72.9 cm³/mol. The predicted octanol–water partition coefficient (Wildman–Crippen LogP) is 2.51. The van der Waals surface area contributed by atoms with Crippen LogP contribution in [0.2, 0.25) is 0 Å². The third kappa shape index (κ3) is 3.84. The van der Waals surface area contributed by atoms with E-state index < -0.39 is 12.1 Å². The molecule has 2 heterocycles. The van der Waals surface area contributed by atoms with Gasteiger partial charge in [-0.3, -0.25) is 0 Å². The van der Waals surface area contributed by atoms with E-state index in [1.807, 2.05) is 17.0 Å². The summed E-state index contributed by atoms with van der Waals surface area (Å²) >= 11 is 0. The molecule has 1 aromatic rings. The van der Waals surface area contributed by atoms with Crippen LogP contribution in [0, 0.1) is 5.92 Å². The van der Waals surface area contributed by atoms with Crippen LogP contribution in [0.15, 0.2) is 12.1 Å². The lowest BCUT2D eigenvalue weighted by Crippen LogP contribution is -2.39. The number of nitrogens with one attached hydrogen (secondary N) is 1. The molecule has 0 spiro atoms. The summed E-state index contributed by atoms with van der Waals surface area (Å²) in [6.07, 6.45) is -1.36. The maximum atomic E-state index is 12.6. The monoisotopic (exact) mass is 300 g/mol. The Morgan fingerprint density at radius 1 is 1.10 bits per heavy atom. The standard InChI is InChI=1S/C14H19F3N4/c15-14(16,17)10-5-7-21(8-6-10)13-4-3-12(19-20-13)9-18-11-1-2-11/h3-4,10-11,18H,1-2,5-9H2. The molecule has 0 amide bonds. The molecular formula is C14H19F3N4. The fourth-order valence-electron chi connectivity index (χ4n) is 2.59. The van der Waals surface area contributed by atoms with Gasteiger partial charge < -0.3 is 10.2 Å². The Hall–Kier alpha value is -1.37. The first-order valence-electron chi connectivity index (χ1n) is 7.40. The number of hydrogen-bond acceptors (Lipinski definition) is 4. The number of aromatic nitrogens is 2. The third-order valence-electron chi connectivity index (χ3n) is 4.14. The van der Waals surface area contributed by atoms with Crippen molar-refractivity contribution >= 4 is 5.82 Å². The first-order chi connectivity index (χ1) is 10.0. The minimum Gasteiger partial charge on any atom is -0.355 e. The average Bonchev–Trinajstić information content (AvgIpc) is 3.29. The van der Waals surface area contributed by atoms with Crippen molar-refractivity contribution in [3.63, 3.8) is 0 Å². The molecule has 2 aliphatic rings. The Balaban J connectivity index is 1.52. The molecule has 0 aromatic carbocycles. The summed E-state index contributed by atoms with van der Waals surface area (Å²) in [5, 5.41) is 11.6. The second-order valence-corrected chi connectivity index (χ2v) is 5.84. The molecule has 21 heavy (non-hydrogen) atoms. The zero-order chi connectivity index (χ0) is 14.9. The van der Waals surface area contributed by atoms with Crippen molar-refractivity contribution in [3.8, 4) is 0 Å². The fourth-order valence-corrected chi connectivity index (χ4v) is 2.59. The van der Waals surface area contributed by atoms with E-state index in [2.05, 4.69) is 15.5 Å². The van der Waals surface area contributed by atoms with Crippen LogP contribution in [-0.4, -0.2) is 35.5 Å². The molecule has 3 rings (SSSR count). The number of halogens is 3. The van der Waals surface area contributed by atoms with Gasteiger partial charge in [-0.1, -0.05) is 0 Å². The van der Waals surface area contributed by atoms with E-state index in [0.717, 1.165) is 5.69 Å². The van der Waals surface area contributed by atoms with Gasteiger partial charge in [0.2, 0.25) is 0 Å². The first-order valence-corrected chi connectivity index (χ1v) is 7.40. The van der Waals surface area contributed by atoms with E-state index in [9.17, 15) is 13.2 Å². The molecule has 1 saturated carbocycles. The summed E-state index contributed by atoms with van der Waals surface area (Å²) < 4.78 is 37.9. The maximum absolute atomic E-state index is 12.6. The molecule has 1 aliphatic heterocycles. The molecule has 0 bridgehead atoms. The number of hydrogen-bond donors (Lipinski definition) is 1. The lowest BCUT2D eigenvalue weighted by atomic mass is 9.96. The number of piperidine rings is 1. The first kappa shape index (κ1) is 14.6. The topological polar surface area (TPSA) is 41.0 Å². The molecule has 2 fully saturated rings. The highest BCUT2D eigenvalue weighted by molar-refractivity contribution is 5.37. The Kier molecular flexibility index (Phi) is 4.01. The lowest BCUT2D eigenvalue weighted by Gasteiger charge is -2.33. The van der Waals surface area contributed by atoms with E-state index in [1.54, 1.807) is 0 Å². The van der Waals surface area contributed by atoms with Crippen LogP contribution in [0.25, 0.3) is 0 Å². The second-order valence-electron chi connectivity index (χ2n) is 5.84. The molecule has 4 nitrogen and oxygen atoms in total. The van der Waals surface area contributed by atoms with Crippen LogP contribution in [-0.2, 0) is 6.54 Å². The van der Waals surface area contributed by atoms with Crippen molar-refractivity contribution < 1.29 is 13.2 Å². The highest BCUT2D eigenvalue weighted by Gasteiger charge is 2.41. The number of alkyl halides is 3. The molecule has 1 aromatic heterocycles. The Morgan fingerprint density at radius 3 is 2.33 bits per heavy atom. The molecule has 0 unspecified atom stereocenters. The van der Waals surface area contributed by atoms with Gasteiger partial charge in [0.25, 0.3) is 0 Å². The van der Waals surface area contributed by atoms with Crippen molar-refractivity contribution in [1.29, 1.82) is 0 Å². The van der Waals surface area contributed by atoms with E-state index in [4.69, 9.17) is 0 Å². The van der Waals surface area contributed by atoms with Crippen LogP contribution in [0.4, 0.5) is 19.0 Å². The summed E-state index contributed by atoms with van der Waals surface area (Å²) in [5.41, 5.74) is 0.871. The molecule has 7 heteroatoms. The van der Waals surface area contributed by atoms with Gasteiger partial charge in [0.15, 0.2) is 5.82 Å². The third-order valence-corrected chi connectivity index (χ3v) is 4.14. The largest absolute Gasteiger partial charge is 0.391 e. The van der Waals surface area contributed by atoms with Crippen molar-refractivity contribution in [1.82, 2.24) is 15.5 Å². The minimum absolute atomic E-state index is 0.135. The van der Waals surface area contributed by atoms with Crippen molar-refractivity contribution in [2.45, 2.75) is 44.4 Å². The molecule has 1 saturated heterocycles. The van der Waals surface area contributed by atoms with Crippen LogP contribution in [0.3, 0.4) is 0 Å². The Morgan fingerprint density at radius 2 is 1.81 bits per heavy atom. The fraction of sp³-hybridized carbons (Fsp3) is 0.714. The number of rotatable bonds is 4. The zero-order valence-electron chi connectivity index (χ0n) is 11.7. The van der Waals surface area contributed by atoms with Gasteiger partial charge in [-0.2, -0.15) is 18.3 Å². The van der Waals surface area contributed by atoms with Crippen molar-refractivity contribution in [3.05, 3.63) is 17.8 Å². The van der Waals surface area contributed by atoms with Gasteiger partial charge in [0, 0.05) is 25.7 Å². The van der Waals surface area contributed by atoms with Crippen LogP contribution < -0.4 is 10.2 Å². The molecular weight excluding hydrogens is 281 g/mol. The van der Waals surface area contributed by atoms with Crippen LogP contribution >= 0.6 is 0 Å². The van der Waals surface area contributed by atoms with Gasteiger partial charge in [0.05, 0.1) is 11.6 Å². The Bertz CT molecular complexity index is 462. The highest BCUT2D eigenvalue weighted by atomic mass is 19.4. The van der Waals surface area contributed by atoms with Gasteiger partial charge in [-0.15, -0.1) is 5.10 Å². The SMILES string of the molecule is FC(F)(F)C1CCN(c2ccc(CNC3CC3)nn2)CC1. The molecule has 0 atom stereocenters. The van der Waals surface area contributed by atoms with Gasteiger partial charge in [0.1, 0.15) is 0 Å². The van der Waals surface area contributed by atoms with Gasteiger partial charge >= 0.3 is 6.18 Å². The van der Waals surface area contributed by atoms with E-state index in [-0.39, 0.29) is 12.8 Å². The molecule has 1 N–H and O–H groups in total. The number of anilines is 1. The molecule has 116 valence electrons. The normalized spacial score (nSPS) is 20.8. The van der Waals surface area contributed by atoms with Crippen molar-refractivity contribution in [2.75, 3.05) is 18.0 Å². The quantitative estimate of drug-likeness (QED) is 0.927. The van der Waals surface area contributed by atoms with E-state index in [1.165, 1.54) is 12.8 Å². The zero-order valence-corrected chi connectivity index (χ0v) is 11.7. The maximum Gasteiger partial charge on any atom is 0.391 e. The second kappa shape index (κ2) is 5.79. The highest BCUT2D eigenvalue weighted by Crippen LogP contribution is 2.34. The summed E-state index contributed by atoms with van der Waals surface area (Å²) in [6.45, 7) is 1.48. The van der Waals surface area contributed by atoms with E-state index in [0.29, 0.717) is 31.5 Å². The van der Waals surface area contributed by atoms with Gasteiger partial charge in [-0.05, 0) is 37.8 Å². The van der Waals surface area contributed by atoms with Crippen LogP contribution in [0.5, 0.6) is 0 Å². The van der Waals surface area contributed by atoms with Gasteiger partial charge in [-0.25, -0.2) is 0 Å². The smallest absolute Gasteiger partial charge is 0.355 e.